The summed E-state index contributed by atoms with van der Waals surface area (Å²) in [6, 6.07) is 0. The molecule has 0 saturated carbocycles. The molecular weight excluding hydrogens is 346 g/mol. The Morgan fingerprint density at radius 2 is 0.893 bits per heavy atom. The normalized spacial score (nSPS) is 12.5. The van der Waals surface area contributed by atoms with Crippen LogP contribution >= 0.6 is 0 Å². The zero-order valence-electron chi connectivity index (χ0n) is 19.2. The lowest BCUT2D eigenvalue weighted by atomic mass is 10.0. The van der Waals surface area contributed by atoms with Crippen molar-refractivity contribution in [1.82, 2.24) is 5.32 Å². The molecule has 0 heterocycles. The van der Waals surface area contributed by atoms with E-state index in [0.29, 0.717) is 6.54 Å². The molecule has 0 spiro atoms. The molecule has 0 saturated heterocycles. The van der Waals surface area contributed by atoms with Gasteiger partial charge in [0.25, 0.3) is 0 Å². The first-order chi connectivity index (χ1) is 13.8. The quantitative estimate of drug-likeness (QED) is 0.120. The Bertz CT molecular complexity index is 273. The first kappa shape index (κ1) is 27.9. The molecule has 170 valence electrons. The number of nitrogens with one attached hydrogen (secondary N) is 1. The highest BCUT2D eigenvalue weighted by atomic mass is 16.3. The number of aliphatic hydroxyl groups excluding tert-OH is 2. The highest BCUT2D eigenvalue weighted by Gasteiger charge is 2.01. The topological polar surface area (TPSA) is 52.5 Å². The Balaban J connectivity index is 3.05. The summed E-state index contributed by atoms with van der Waals surface area (Å²) in [4.78, 5) is 0. The molecule has 0 aromatic rings. The van der Waals surface area contributed by atoms with Crippen LogP contribution in [0.15, 0.2) is 0 Å². The maximum atomic E-state index is 9.73. The Labute approximate surface area is 177 Å². The molecule has 3 nitrogen and oxygen atoms in total. The van der Waals surface area contributed by atoms with E-state index in [-0.39, 0.29) is 6.61 Å². The fourth-order valence-corrected chi connectivity index (χ4v) is 3.87. The SMILES string of the molecule is CCCCCCCCCCCCCCCCCCCCCC(O)NCCCO. The summed E-state index contributed by atoms with van der Waals surface area (Å²) in [6.07, 6.45) is 27.7. The van der Waals surface area contributed by atoms with E-state index < -0.39 is 6.23 Å². The van der Waals surface area contributed by atoms with E-state index in [2.05, 4.69) is 12.2 Å². The summed E-state index contributed by atoms with van der Waals surface area (Å²) in [7, 11) is 0. The van der Waals surface area contributed by atoms with Crippen LogP contribution < -0.4 is 5.32 Å². The highest BCUT2D eigenvalue weighted by molar-refractivity contribution is 4.55. The van der Waals surface area contributed by atoms with Crippen molar-refractivity contribution in [2.75, 3.05) is 13.2 Å². The Morgan fingerprint density at radius 1 is 0.536 bits per heavy atom. The first-order valence-electron chi connectivity index (χ1n) is 12.8. The molecule has 0 bridgehead atoms. The molecule has 0 amide bonds. The van der Waals surface area contributed by atoms with E-state index in [1.165, 1.54) is 116 Å². The second-order valence-corrected chi connectivity index (χ2v) is 8.70. The summed E-state index contributed by atoms with van der Waals surface area (Å²) < 4.78 is 0. The fraction of sp³-hybridized carbons (Fsp3) is 1.00. The fourth-order valence-electron chi connectivity index (χ4n) is 3.87. The predicted molar refractivity (Wildman–Crippen MR) is 124 cm³/mol. The van der Waals surface area contributed by atoms with Crippen molar-refractivity contribution in [3.05, 3.63) is 0 Å². The number of hydrogen-bond donors (Lipinski definition) is 3. The van der Waals surface area contributed by atoms with E-state index in [0.717, 1.165) is 19.3 Å². The van der Waals surface area contributed by atoms with Gasteiger partial charge in [-0.3, -0.25) is 5.32 Å². The van der Waals surface area contributed by atoms with E-state index in [1.54, 1.807) is 0 Å². The monoisotopic (exact) mass is 399 g/mol. The molecule has 0 aliphatic heterocycles. The van der Waals surface area contributed by atoms with Crippen LogP contribution in [-0.2, 0) is 0 Å². The smallest absolute Gasteiger partial charge is 0.104 e. The molecule has 0 aliphatic carbocycles. The average Bonchev–Trinajstić information content (AvgIpc) is 2.70. The molecule has 0 rings (SSSR count). The molecule has 3 N–H and O–H groups in total. The lowest BCUT2D eigenvalue weighted by Gasteiger charge is -2.11. The van der Waals surface area contributed by atoms with Crippen molar-refractivity contribution in [2.45, 2.75) is 148 Å². The first-order valence-corrected chi connectivity index (χ1v) is 12.8. The molecule has 0 aromatic carbocycles. The summed E-state index contributed by atoms with van der Waals surface area (Å²) in [5.41, 5.74) is 0. The number of unbranched alkanes of at least 4 members (excludes halogenated alkanes) is 18. The van der Waals surface area contributed by atoms with Gasteiger partial charge in [0.15, 0.2) is 0 Å². The van der Waals surface area contributed by atoms with E-state index in [4.69, 9.17) is 5.11 Å². The van der Waals surface area contributed by atoms with Crippen molar-refractivity contribution in [3.8, 4) is 0 Å². The molecule has 0 radical (unpaired) electrons. The third-order valence-corrected chi connectivity index (χ3v) is 5.80. The van der Waals surface area contributed by atoms with Gasteiger partial charge in [0.1, 0.15) is 6.23 Å². The van der Waals surface area contributed by atoms with Crippen LogP contribution in [0.1, 0.15) is 142 Å². The molecule has 0 aliphatic rings. The minimum Gasteiger partial charge on any atom is -0.396 e. The lowest BCUT2D eigenvalue weighted by Crippen LogP contribution is -2.29. The minimum atomic E-state index is -0.391. The van der Waals surface area contributed by atoms with Crippen molar-refractivity contribution >= 4 is 0 Å². The third kappa shape index (κ3) is 23.9. The molecule has 0 fully saturated rings. The highest BCUT2D eigenvalue weighted by Crippen LogP contribution is 2.14. The van der Waals surface area contributed by atoms with Crippen LogP contribution in [0, 0.1) is 0 Å². The van der Waals surface area contributed by atoms with Crippen molar-refractivity contribution in [1.29, 1.82) is 0 Å². The summed E-state index contributed by atoms with van der Waals surface area (Å²) in [6.45, 7) is 3.19. The van der Waals surface area contributed by atoms with Crippen LogP contribution in [0.3, 0.4) is 0 Å². The largest absolute Gasteiger partial charge is 0.396 e. The van der Waals surface area contributed by atoms with Gasteiger partial charge in [-0.15, -0.1) is 0 Å². The van der Waals surface area contributed by atoms with Crippen LogP contribution in [0.5, 0.6) is 0 Å². The van der Waals surface area contributed by atoms with E-state index in [9.17, 15) is 5.11 Å². The summed E-state index contributed by atoms with van der Waals surface area (Å²) in [5, 5.41) is 21.5. The Hall–Kier alpha value is -0.120. The van der Waals surface area contributed by atoms with Gasteiger partial charge < -0.3 is 10.2 Å². The van der Waals surface area contributed by atoms with Crippen LogP contribution in [0.25, 0.3) is 0 Å². The lowest BCUT2D eigenvalue weighted by molar-refractivity contribution is 0.121. The van der Waals surface area contributed by atoms with Gasteiger partial charge in [-0.2, -0.15) is 0 Å². The maximum Gasteiger partial charge on any atom is 0.104 e. The zero-order chi connectivity index (χ0) is 20.5. The Kier molecular flexibility index (Phi) is 24.8. The molecular formula is C25H53NO2. The van der Waals surface area contributed by atoms with Crippen molar-refractivity contribution in [3.63, 3.8) is 0 Å². The second kappa shape index (κ2) is 24.9. The zero-order valence-corrected chi connectivity index (χ0v) is 19.2. The average molecular weight is 400 g/mol. The number of aliphatic hydroxyl groups is 2. The predicted octanol–water partition coefficient (Wildman–Crippen LogP) is 7.10. The molecule has 1 atom stereocenters. The number of hydrogen-bond acceptors (Lipinski definition) is 3. The van der Waals surface area contributed by atoms with Gasteiger partial charge in [-0.25, -0.2) is 0 Å². The van der Waals surface area contributed by atoms with Gasteiger partial charge in [0.2, 0.25) is 0 Å². The van der Waals surface area contributed by atoms with Crippen LogP contribution in [0.2, 0.25) is 0 Å². The second-order valence-electron chi connectivity index (χ2n) is 8.70. The van der Waals surface area contributed by atoms with Gasteiger partial charge >= 0.3 is 0 Å². The Morgan fingerprint density at radius 3 is 1.25 bits per heavy atom. The van der Waals surface area contributed by atoms with Gasteiger partial charge in [-0.1, -0.05) is 122 Å². The van der Waals surface area contributed by atoms with Gasteiger partial charge in [-0.05, 0) is 25.8 Å². The maximum absolute atomic E-state index is 9.73. The van der Waals surface area contributed by atoms with Crippen molar-refractivity contribution < 1.29 is 10.2 Å². The van der Waals surface area contributed by atoms with E-state index >= 15 is 0 Å². The van der Waals surface area contributed by atoms with Crippen LogP contribution in [-0.4, -0.2) is 29.6 Å². The van der Waals surface area contributed by atoms with Gasteiger partial charge in [0.05, 0.1) is 0 Å². The van der Waals surface area contributed by atoms with E-state index in [1.807, 2.05) is 0 Å². The molecule has 1 unspecified atom stereocenters. The molecule has 0 aromatic heterocycles. The standard InChI is InChI=1S/C25H53NO2/c1-2-3-4-5-6-7-8-9-10-11-12-13-14-15-16-17-18-19-20-22-25(28)26-23-21-24-27/h25-28H,2-24H2,1H3. The third-order valence-electron chi connectivity index (χ3n) is 5.80. The minimum absolute atomic E-state index is 0.193. The summed E-state index contributed by atoms with van der Waals surface area (Å²) in [5.74, 6) is 0. The molecule has 28 heavy (non-hydrogen) atoms. The van der Waals surface area contributed by atoms with Crippen molar-refractivity contribution in [2.24, 2.45) is 0 Å². The number of rotatable bonds is 24. The molecule has 3 heteroatoms. The van der Waals surface area contributed by atoms with Gasteiger partial charge in [0, 0.05) is 6.61 Å². The van der Waals surface area contributed by atoms with Crippen LogP contribution in [0.4, 0.5) is 0 Å². The summed E-state index contributed by atoms with van der Waals surface area (Å²) >= 11 is 0.